The van der Waals surface area contributed by atoms with E-state index in [0.717, 1.165) is 12.2 Å². The van der Waals surface area contributed by atoms with Crippen LogP contribution >= 0.6 is 0 Å². The van der Waals surface area contributed by atoms with Crippen molar-refractivity contribution in [1.82, 2.24) is 14.7 Å². The van der Waals surface area contributed by atoms with Crippen LogP contribution in [-0.4, -0.2) is 38.8 Å². The minimum absolute atomic E-state index is 0.0762. The van der Waals surface area contributed by atoms with E-state index in [2.05, 4.69) is 9.78 Å². The summed E-state index contributed by atoms with van der Waals surface area (Å²) in [6.07, 6.45) is 7.04. The summed E-state index contributed by atoms with van der Waals surface area (Å²) in [6.45, 7) is 3.38. The Bertz CT molecular complexity index is 397. The van der Waals surface area contributed by atoms with Crippen LogP contribution in [-0.2, 0) is 11.3 Å². The van der Waals surface area contributed by atoms with Gasteiger partial charge in [-0.3, -0.25) is 14.4 Å². The summed E-state index contributed by atoms with van der Waals surface area (Å²) in [7, 11) is 0. The van der Waals surface area contributed by atoms with E-state index in [1.165, 1.54) is 25.7 Å². The van der Waals surface area contributed by atoms with Gasteiger partial charge in [-0.25, -0.2) is 0 Å². The molecule has 100 valence electrons. The predicted molar refractivity (Wildman–Crippen MR) is 68.3 cm³/mol. The average molecular weight is 251 g/mol. The highest BCUT2D eigenvalue weighted by Crippen LogP contribution is 2.28. The molecule has 0 atom stereocenters. The lowest BCUT2D eigenvalue weighted by atomic mass is 10.3. The first-order valence-corrected chi connectivity index (χ1v) is 6.67. The first kappa shape index (κ1) is 13.1. The van der Waals surface area contributed by atoms with Crippen LogP contribution in [0.2, 0.25) is 0 Å². The minimum atomic E-state index is -0.785. The molecule has 1 aliphatic carbocycles. The third-order valence-electron chi connectivity index (χ3n) is 3.55. The number of carboxylic acid groups (broad SMARTS) is 1. The molecule has 1 aromatic heterocycles. The van der Waals surface area contributed by atoms with E-state index in [9.17, 15) is 4.79 Å². The molecule has 0 aromatic carbocycles. The molecule has 0 aliphatic heterocycles. The number of hydrogen-bond donors (Lipinski definition) is 1. The topological polar surface area (TPSA) is 58.4 Å². The van der Waals surface area contributed by atoms with Gasteiger partial charge in [0.2, 0.25) is 0 Å². The molecule has 1 N–H and O–H groups in total. The highest BCUT2D eigenvalue weighted by atomic mass is 16.4. The van der Waals surface area contributed by atoms with Crippen LogP contribution in [0.3, 0.4) is 0 Å². The molecule has 0 spiro atoms. The number of aliphatic carboxylic acids is 1. The molecular formula is C13H21N3O2. The second-order valence-corrected chi connectivity index (χ2v) is 4.92. The van der Waals surface area contributed by atoms with Gasteiger partial charge in [-0.1, -0.05) is 19.8 Å². The van der Waals surface area contributed by atoms with Crippen LogP contribution in [0, 0.1) is 0 Å². The van der Waals surface area contributed by atoms with Crippen molar-refractivity contribution in [2.24, 2.45) is 0 Å². The fraction of sp³-hybridized carbons (Fsp3) is 0.692. The smallest absolute Gasteiger partial charge is 0.317 e. The summed E-state index contributed by atoms with van der Waals surface area (Å²) in [6, 6.07) is 2.55. The van der Waals surface area contributed by atoms with Gasteiger partial charge in [0.25, 0.3) is 0 Å². The van der Waals surface area contributed by atoms with Gasteiger partial charge in [0.05, 0.1) is 18.3 Å². The van der Waals surface area contributed by atoms with Gasteiger partial charge in [0.15, 0.2) is 0 Å². The standard InChI is InChI=1S/C13H21N3O2/c1-2-15(10-13(17)18)9-11-7-8-16(14-11)12-5-3-4-6-12/h7-8,12H,2-6,9-10H2,1H3,(H,17,18). The SMILES string of the molecule is CCN(CC(=O)O)Cc1ccn(C2CCCC2)n1. The van der Waals surface area contributed by atoms with Crippen LogP contribution in [0.4, 0.5) is 0 Å². The molecule has 0 bridgehead atoms. The summed E-state index contributed by atoms with van der Waals surface area (Å²) in [4.78, 5) is 12.6. The van der Waals surface area contributed by atoms with Crippen molar-refractivity contribution in [3.63, 3.8) is 0 Å². The zero-order chi connectivity index (χ0) is 13.0. The number of nitrogens with zero attached hydrogens (tertiary/aromatic N) is 3. The Hall–Kier alpha value is -1.36. The summed E-state index contributed by atoms with van der Waals surface area (Å²) < 4.78 is 2.05. The zero-order valence-corrected chi connectivity index (χ0v) is 10.9. The first-order valence-electron chi connectivity index (χ1n) is 6.67. The fourth-order valence-corrected chi connectivity index (χ4v) is 2.53. The summed E-state index contributed by atoms with van der Waals surface area (Å²) in [5.41, 5.74) is 0.963. The van der Waals surface area contributed by atoms with E-state index >= 15 is 0 Å². The van der Waals surface area contributed by atoms with E-state index in [1.54, 1.807) is 0 Å². The largest absolute Gasteiger partial charge is 0.480 e. The number of hydrogen-bond acceptors (Lipinski definition) is 3. The molecule has 0 saturated heterocycles. The van der Waals surface area contributed by atoms with Crippen LogP contribution in [0.1, 0.15) is 44.3 Å². The van der Waals surface area contributed by atoms with Crippen molar-refractivity contribution in [3.8, 4) is 0 Å². The monoisotopic (exact) mass is 251 g/mol. The molecule has 18 heavy (non-hydrogen) atoms. The van der Waals surface area contributed by atoms with Gasteiger partial charge in [0, 0.05) is 12.7 Å². The number of carboxylic acids is 1. The van der Waals surface area contributed by atoms with Crippen molar-refractivity contribution in [3.05, 3.63) is 18.0 Å². The predicted octanol–water partition coefficient (Wildman–Crippen LogP) is 1.90. The summed E-state index contributed by atoms with van der Waals surface area (Å²) in [5, 5.41) is 13.4. The quantitative estimate of drug-likeness (QED) is 0.839. The van der Waals surface area contributed by atoms with E-state index in [-0.39, 0.29) is 6.54 Å². The summed E-state index contributed by atoms with van der Waals surface area (Å²) >= 11 is 0. The van der Waals surface area contributed by atoms with Crippen LogP contribution in [0.5, 0.6) is 0 Å². The summed E-state index contributed by atoms with van der Waals surface area (Å²) in [5.74, 6) is -0.785. The van der Waals surface area contributed by atoms with Gasteiger partial charge >= 0.3 is 5.97 Å². The van der Waals surface area contributed by atoms with Crippen molar-refractivity contribution in [2.75, 3.05) is 13.1 Å². The van der Waals surface area contributed by atoms with Crippen LogP contribution < -0.4 is 0 Å². The van der Waals surface area contributed by atoms with Crippen molar-refractivity contribution >= 4 is 5.97 Å². The minimum Gasteiger partial charge on any atom is -0.480 e. The Morgan fingerprint density at radius 1 is 1.56 bits per heavy atom. The van der Waals surface area contributed by atoms with E-state index in [0.29, 0.717) is 12.6 Å². The van der Waals surface area contributed by atoms with E-state index < -0.39 is 5.97 Å². The Morgan fingerprint density at radius 3 is 2.89 bits per heavy atom. The lowest BCUT2D eigenvalue weighted by Crippen LogP contribution is -2.29. The maximum atomic E-state index is 10.7. The second kappa shape index (κ2) is 6.00. The molecule has 2 rings (SSSR count). The van der Waals surface area contributed by atoms with Crippen LogP contribution in [0.25, 0.3) is 0 Å². The zero-order valence-electron chi connectivity index (χ0n) is 10.9. The highest BCUT2D eigenvalue weighted by molar-refractivity contribution is 5.69. The number of rotatable bonds is 6. The van der Waals surface area contributed by atoms with Gasteiger partial charge in [-0.05, 0) is 25.5 Å². The molecule has 0 unspecified atom stereocenters. The molecule has 1 aliphatic rings. The van der Waals surface area contributed by atoms with Gasteiger partial charge in [0.1, 0.15) is 0 Å². The Balaban J connectivity index is 1.94. The Kier molecular flexibility index (Phi) is 4.36. The maximum Gasteiger partial charge on any atom is 0.317 e. The molecule has 1 heterocycles. The average Bonchev–Trinajstić information content (AvgIpc) is 2.97. The molecule has 1 fully saturated rings. The van der Waals surface area contributed by atoms with Gasteiger partial charge in [-0.2, -0.15) is 5.10 Å². The lowest BCUT2D eigenvalue weighted by molar-refractivity contribution is -0.138. The van der Waals surface area contributed by atoms with Crippen molar-refractivity contribution in [2.45, 2.75) is 45.2 Å². The molecule has 5 nitrogen and oxygen atoms in total. The van der Waals surface area contributed by atoms with E-state index in [4.69, 9.17) is 5.11 Å². The molecule has 5 heteroatoms. The molecule has 0 amide bonds. The normalized spacial score (nSPS) is 16.6. The molecule has 1 saturated carbocycles. The van der Waals surface area contributed by atoms with Crippen molar-refractivity contribution < 1.29 is 9.90 Å². The maximum absolute atomic E-state index is 10.7. The number of aromatic nitrogens is 2. The molecular weight excluding hydrogens is 230 g/mol. The second-order valence-electron chi connectivity index (χ2n) is 4.92. The van der Waals surface area contributed by atoms with Gasteiger partial charge in [-0.15, -0.1) is 0 Å². The van der Waals surface area contributed by atoms with E-state index in [1.807, 2.05) is 24.1 Å². The number of likely N-dealkylation sites (N-methyl/N-ethyl adjacent to an activating group) is 1. The highest BCUT2D eigenvalue weighted by Gasteiger charge is 2.18. The third-order valence-corrected chi connectivity index (χ3v) is 3.55. The van der Waals surface area contributed by atoms with Crippen LogP contribution in [0.15, 0.2) is 12.3 Å². The van der Waals surface area contributed by atoms with Crippen molar-refractivity contribution in [1.29, 1.82) is 0 Å². The van der Waals surface area contributed by atoms with Gasteiger partial charge < -0.3 is 5.11 Å². The first-order chi connectivity index (χ1) is 8.69. The Morgan fingerprint density at radius 2 is 2.28 bits per heavy atom. The third kappa shape index (κ3) is 3.32. The number of carbonyl (C=O) groups is 1. The lowest BCUT2D eigenvalue weighted by Gasteiger charge is -2.16. The fourth-order valence-electron chi connectivity index (χ4n) is 2.53. The molecule has 0 radical (unpaired) electrons. The molecule has 1 aromatic rings. The Labute approximate surface area is 107 Å².